The molecule has 0 amide bonds. The van der Waals surface area contributed by atoms with Crippen LogP contribution in [0.25, 0.3) is 0 Å². The number of hydrogen-bond donors (Lipinski definition) is 6. The highest BCUT2D eigenvalue weighted by atomic mass is 28.4. The Morgan fingerprint density at radius 1 is 0.647 bits per heavy atom. The van der Waals surface area contributed by atoms with Crippen molar-refractivity contribution in [2.24, 2.45) is 11.3 Å². The molecule has 0 aliphatic carbocycles. The Hall–Kier alpha value is 0.114. The van der Waals surface area contributed by atoms with E-state index in [1.54, 1.807) is 0 Å². The molecule has 0 aliphatic rings. The summed E-state index contributed by atoms with van der Waals surface area (Å²) < 4.78 is 7.45. The topological polar surface area (TPSA) is 140 Å². The highest BCUT2D eigenvalue weighted by molar-refractivity contribution is 6.48. The maximum atomic E-state index is 9.46. The second kappa shape index (κ2) is 24.8. The lowest BCUT2D eigenvalue weighted by Gasteiger charge is -2.34. The molecule has 1 atom stereocenters. The molecule has 0 bridgehead atoms. The second-order valence-electron chi connectivity index (χ2n) is 9.65. The van der Waals surface area contributed by atoms with E-state index in [1.807, 2.05) is 6.92 Å². The SMILES string of the molecule is CCCCCCCCCCCCCCCCCCC(C)C(CO)(CO)CO.O[Si](O)(O)OO[SiH3]. The van der Waals surface area contributed by atoms with Crippen LogP contribution in [-0.2, 0) is 9.15 Å². The molecule has 0 aromatic carbocycles. The van der Waals surface area contributed by atoms with E-state index >= 15 is 0 Å². The third-order valence-electron chi connectivity index (χ3n) is 6.68. The molecule has 0 radical (unpaired) electrons. The van der Waals surface area contributed by atoms with Gasteiger partial charge in [-0.25, -0.2) is 4.58 Å². The Kier molecular flexibility index (Phi) is 26.4. The number of hydrogen-bond acceptors (Lipinski definition) is 8. The molecule has 0 aromatic heterocycles. The van der Waals surface area contributed by atoms with Crippen LogP contribution in [0, 0.1) is 11.3 Å². The van der Waals surface area contributed by atoms with Gasteiger partial charge in [-0.2, -0.15) is 0 Å². The van der Waals surface area contributed by atoms with Crippen LogP contribution >= 0.6 is 0 Å². The summed E-state index contributed by atoms with van der Waals surface area (Å²) in [5, 5.41) is 28.4. The van der Waals surface area contributed by atoms with Gasteiger partial charge in [-0.15, -0.1) is 0 Å². The van der Waals surface area contributed by atoms with E-state index in [0.29, 0.717) is 0 Å². The van der Waals surface area contributed by atoms with Crippen LogP contribution in [0.15, 0.2) is 0 Å². The van der Waals surface area contributed by atoms with Crippen LogP contribution in [0.1, 0.15) is 123 Å². The Balaban J connectivity index is 0. The zero-order valence-corrected chi connectivity index (χ0v) is 25.2. The van der Waals surface area contributed by atoms with Crippen LogP contribution in [0.5, 0.6) is 0 Å². The van der Waals surface area contributed by atoms with Crippen LogP contribution < -0.4 is 0 Å². The molecule has 0 fully saturated rings. The maximum Gasteiger partial charge on any atom is 0.698 e. The van der Waals surface area contributed by atoms with Crippen molar-refractivity contribution in [3.63, 3.8) is 0 Å². The summed E-state index contributed by atoms with van der Waals surface area (Å²) in [5.74, 6) is 0.157. The smallest absolute Gasteiger partial charge is 0.396 e. The predicted molar refractivity (Wildman–Crippen MR) is 142 cm³/mol. The molecular formula is C24H56O8Si2. The summed E-state index contributed by atoms with van der Waals surface area (Å²) in [5.41, 5.74) is -0.713. The largest absolute Gasteiger partial charge is 0.698 e. The van der Waals surface area contributed by atoms with Crippen LogP contribution in [-0.4, -0.2) is 69.1 Å². The molecule has 6 N–H and O–H groups in total. The Morgan fingerprint density at radius 2 is 0.971 bits per heavy atom. The van der Waals surface area contributed by atoms with Gasteiger partial charge in [0, 0.05) is 5.41 Å². The fourth-order valence-corrected chi connectivity index (χ4v) is 4.93. The van der Waals surface area contributed by atoms with E-state index < -0.39 is 14.5 Å². The zero-order chi connectivity index (χ0) is 26.1. The summed E-state index contributed by atoms with van der Waals surface area (Å²) in [6.45, 7) is 3.90. The highest BCUT2D eigenvalue weighted by Crippen LogP contribution is 2.30. The molecule has 0 aliphatic heterocycles. The fourth-order valence-electron chi connectivity index (χ4n) is 4.03. The van der Waals surface area contributed by atoms with Gasteiger partial charge in [0.05, 0.1) is 19.8 Å². The van der Waals surface area contributed by atoms with Crippen LogP contribution in [0.4, 0.5) is 0 Å². The third-order valence-corrected chi connectivity index (χ3v) is 7.57. The third kappa shape index (κ3) is 22.6. The van der Waals surface area contributed by atoms with E-state index in [-0.39, 0.29) is 36.2 Å². The van der Waals surface area contributed by atoms with Gasteiger partial charge in [0.25, 0.3) is 0 Å². The maximum absolute atomic E-state index is 9.46. The predicted octanol–water partition coefficient (Wildman–Crippen LogP) is 2.86. The van der Waals surface area contributed by atoms with Crippen molar-refractivity contribution in [2.45, 2.75) is 123 Å². The number of rotatable bonds is 23. The zero-order valence-electron chi connectivity index (χ0n) is 22.2. The van der Waals surface area contributed by atoms with Crippen LogP contribution in [0.3, 0.4) is 0 Å². The first-order chi connectivity index (χ1) is 16.2. The minimum Gasteiger partial charge on any atom is -0.396 e. The first kappa shape index (κ1) is 36.3. The lowest BCUT2D eigenvalue weighted by Crippen LogP contribution is -2.40. The molecule has 0 aromatic rings. The van der Waals surface area contributed by atoms with Crippen molar-refractivity contribution in [1.82, 2.24) is 0 Å². The van der Waals surface area contributed by atoms with Gasteiger partial charge in [-0.1, -0.05) is 117 Å². The van der Waals surface area contributed by atoms with Crippen molar-refractivity contribution in [3.8, 4) is 0 Å². The Labute approximate surface area is 212 Å². The van der Waals surface area contributed by atoms with Crippen molar-refractivity contribution in [2.75, 3.05) is 19.8 Å². The van der Waals surface area contributed by atoms with E-state index in [0.717, 1.165) is 12.8 Å². The normalized spacial score (nSPS) is 13.1. The van der Waals surface area contributed by atoms with Gasteiger partial charge >= 0.3 is 9.05 Å². The first-order valence-corrected chi connectivity index (χ1v) is 16.0. The minimum atomic E-state index is -4.34. The van der Waals surface area contributed by atoms with Gasteiger partial charge in [0.1, 0.15) is 0 Å². The van der Waals surface area contributed by atoms with E-state index in [1.165, 1.54) is 96.3 Å². The van der Waals surface area contributed by atoms with E-state index in [2.05, 4.69) is 16.1 Å². The monoisotopic (exact) mass is 528 g/mol. The molecule has 1 unspecified atom stereocenters. The van der Waals surface area contributed by atoms with Crippen molar-refractivity contribution >= 4 is 19.5 Å². The number of unbranched alkanes of at least 4 members (excludes halogenated alkanes) is 15. The van der Waals surface area contributed by atoms with Gasteiger partial charge in [0.2, 0.25) is 0 Å². The molecule has 208 valence electrons. The van der Waals surface area contributed by atoms with Gasteiger partial charge in [-0.3, -0.25) is 0 Å². The molecule has 8 nitrogen and oxygen atoms in total. The van der Waals surface area contributed by atoms with Gasteiger partial charge in [-0.05, 0) is 12.3 Å². The Bertz CT molecular complexity index is 399. The summed E-state index contributed by atoms with van der Waals surface area (Å²) in [6.07, 6.45) is 22.9. The lowest BCUT2D eigenvalue weighted by atomic mass is 9.75. The summed E-state index contributed by atoms with van der Waals surface area (Å²) in [4.78, 5) is 23.8. The summed E-state index contributed by atoms with van der Waals surface area (Å²) in [6, 6.07) is 0. The first-order valence-electron chi connectivity index (χ1n) is 13.4. The second-order valence-corrected chi connectivity index (χ2v) is 11.3. The molecule has 0 rings (SSSR count). The minimum absolute atomic E-state index is 0.139. The average molecular weight is 529 g/mol. The van der Waals surface area contributed by atoms with Crippen molar-refractivity contribution in [3.05, 3.63) is 0 Å². The lowest BCUT2D eigenvalue weighted by molar-refractivity contribution is -0.173. The molecular weight excluding hydrogens is 472 g/mol. The molecule has 0 saturated heterocycles. The number of aliphatic hydroxyl groups excluding tert-OH is 3. The molecule has 34 heavy (non-hydrogen) atoms. The fraction of sp³-hybridized carbons (Fsp3) is 1.00. The van der Waals surface area contributed by atoms with Gasteiger partial charge in [0.15, 0.2) is 10.5 Å². The summed E-state index contributed by atoms with van der Waals surface area (Å²) >= 11 is 0. The van der Waals surface area contributed by atoms with Gasteiger partial charge < -0.3 is 34.3 Å². The van der Waals surface area contributed by atoms with Crippen molar-refractivity contribution < 1.29 is 38.9 Å². The standard InChI is InChI=1S/C24H50O3.H6O5Si2/c1-3-4-5-6-7-8-9-10-11-12-13-14-15-16-17-18-19-23(2)24(20-25,21-26)22-27;1-7(2,3)5-4-6/h23,25-27H,3-22H2,1-2H3;1-3H,6H3. The molecule has 0 heterocycles. The average Bonchev–Trinajstić information content (AvgIpc) is 2.80. The molecule has 0 spiro atoms. The highest BCUT2D eigenvalue weighted by Gasteiger charge is 2.34. The number of aliphatic hydroxyl groups is 3. The van der Waals surface area contributed by atoms with E-state index in [9.17, 15) is 15.3 Å². The van der Waals surface area contributed by atoms with E-state index in [4.69, 9.17) is 14.4 Å². The van der Waals surface area contributed by atoms with Crippen LogP contribution in [0.2, 0.25) is 0 Å². The van der Waals surface area contributed by atoms with Crippen molar-refractivity contribution in [1.29, 1.82) is 0 Å². The quantitative estimate of drug-likeness (QED) is 0.0515. The Morgan fingerprint density at radius 3 is 1.21 bits per heavy atom. The molecule has 0 saturated carbocycles. The summed E-state index contributed by atoms with van der Waals surface area (Å²) in [7, 11) is -4.14. The molecule has 10 heteroatoms.